The number of pyridine rings is 1. The summed E-state index contributed by atoms with van der Waals surface area (Å²) < 4.78 is 13.7. The number of rotatable bonds is 2. The zero-order chi connectivity index (χ0) is 13.1. The van der Waals surface area contributed by atoms with Crippen molar-refractivity contribution in [3.63, 3.8) is 0 Å². The van der Waals surface area contributed by atoms with Gasteiger partial charge in [-0.15, -0.1) is 0 Å². The molecule has 0 bridgehead atoms. The molecule has 0 aliphatic heterocycles. The van der Waals surface area contributed by atoms with Gasteiger partial charge in [-0.1, -0.05) is 11.6 Å². The summed E-state index contributed by atoms with van der Waals surface area (Å²) in [5, 5.41) is 3.27. The van der Waals surface area contributed by atoms with Crippen LogP contribution in [0.4, 0.5) is 10.1 Å². The van der Waals surface area contributed by atoms with Crippen molar-refractivity contribution < 1.29 is 9.18 Å². The lowest BCUT2D eigenvalue weighted by atomic mass is 10.2. The van der Waals surface area contributed by atoms with Gasteiger partial charge in [0.2, 0.25) is 5.95 Å². The van der Waals surface area contributed by atoms with Gasteiger partial charge in [0.05, 0.1) is 5.69 Å². The molecule has 6 heteroatoms. The summed E-state index contributed by atoms with van der Waals surface area (Å²) in [6.45, 7) is 0. The first-order valence-corrected chi connectivity index (χ1v) is 6.40. The lowest BCUT2D eigenvalue weighted by molar-refractivity contribution is 0.102. The lowest BCUT2D eigenvalue weighted by Gasteiger charge is -2.07. The van der Waals surface area contributed by atoms with E-state index in [0.717, 1.165) is 9.64 Å². The summed E-state index contributed by atoms with van der Waals surface area (Å²) in [5.74, 6) is -1.08. The smallest absolute Gasteiger partial charge is 0.255 e. The number of nitrogens with one attached hydrogen (secondary N) is 1. The first kappa shape index (κ1) is 13.2. The quantitative estimate of drug-likeness (QED) is 0.641. The number of hydrogen-bond donors (Lipinski definition) is 1. The van der Waals surface area contributed by atoms with Crippen molar-refractivity contribution in [1.29, 1.82) is 0 Å². The molecule has 0 unspecified atom stereocenters. The lowest BCUT2D eigenvalue weighted by Crippen LogP contribution is -2.13. The second kappa shape index (κ2) is 5.62. The Balaban J connectivity index is 2.21. The minimum absolute atomic E-state index is 0.216. The van der Waals surface area contributed by atoms with Crippen molar-refractivity contribution >= 4 is 45.8 Å². The second-order valence-corrected chi connectivity index (χ2v) is 5.04. The van der Waals surface area contributed by atoms with Gasteiger partial charge in [0.1, 0.15) is 0 Å². The van der Waals surface area contributed by atoms with Gasteiger partial charge in [-0.25, -0.2) is 4.98 Å². The Labute approximate surface area is 122 Å². The molecule has 0 radical (unpaired) electrons. The topological polar surface area (TPSA) is 42.0 Å². The molecular weight excluding hydrogens is 370 g/mol. The molecule has 1 N–H and O–H groups in total. The maximum atomic E-state index is 12.9. The normalized spacial score (nSPS) is 10.2. The molecule has 0 saturated heterocycles. The summed E-state index contributed by atoms with van der Waals surface area (Å²) in [7, 11) is 0. The Morgan fingerprint density at radius 1 is 1.33 bits per heavy atom. The number of halogens is 3. The number of aromatic nitrogens is 1. The van der Waals surface area contributed by atoms with Gasteiger partial charge in [-0.05, 0) is 46.9 Å². The van der Waals surface area contributed by atoms with Crippen LogP contribution >= 0.6 is 34.2 Å². The van der Waals surface area contributed by atoms with Crippen LogP contribution in [0.3, 0.4) is 0 Å². The van der Waals surface area contributed by atoms with E-state index in [1.807, 2.05) is 0 Å². The van der Waals surface area contributed by atoms with Gasteiger partial charge in [0, 0.05) is 26.4 Å². The monoisotopic (exact) mass is 376 g/mol. The zero-order valence-corrected chi connectivity index (χ0v) is 11.9. The first-order valence-electron chi connectivity index (χ1n) is 4.94. The molecule has 0 fully saturated rings. The maximum Gasteiger partial charge on any atom is 0.255 e. The van der Waals surface area contributed by atoms with E-state index in [2.05, 4.69) is 32.9 Å². The van der Waals surface area contributed by atoms with Crippen LogP contribution in [0.15, 0.2) is 36.5 Å². The van der Waals surface area contributed by atoms with E-state index in [9.17, 15) is 9.18 Å². The van der Waals surface area contributed by atoms with E-state index >= 15 is 0 Å². The predicted octanol–water partition coefficient (Wildman–Crippen LogP) is 3.73. The number of anilines is 1. The fourth-order valence-electron chi connectivity index (χ4n) is 1.33. The Morgan fingerprint density at radius 3 is 2.78 bits per heavy atom. The van der Waals surface area contributed by atoms with Gasteiger partial charge >= 0.3 is 0 Å². The largest absolute Gasteiger partial charge is 0.321 e. The summed E-state index contributed by atoms with van der Waals surface area (Å²) in [6, 6.07) is 7.62. The SMILES string of the molecule is O=C(Nc1ccc(Cl)cc1I)c1ccnc(F)c1. The average molecular weight is 377 g/mol. The Hall–Kier alpha value is -1.21. The second-order valence-electron chi connectivity index (χ2n) is 3.45. The molecule has 1 aromatic carbocycles. The van der Waals surface area contributed by atoms with Gasteiger partial charge in [-0.3, -0.25) is 4.79 Å². The number of hydrogen-bond acceptors (Lipinski definition) is 2. The number of carbonyl (C=O) groups is 1. The van der Waals surface area contributed by atoms with Crippen molar-refractivity contribution in [2.75, 3.05) is 5.32 Å². The molecule has 92 valence electrons. The molecule has 0 saturated carbocycles. The Morgan fingerprint density at radius 2 is 2.11 bits per heavy atom. The first-order chi connectivity index (χ1) is 8.56. The number of nitrogens with zero attached hydrogens (tertiary/aromatic N) is 1. The van der Waals surface area contributed by atoms with Crippen LogP contribution in [0.1, 0.15) is 10.4 Å². The van der Waals surface area contributed by atoms with Gasteiger partial charge in [0.15, 0.2) is 0 Å². The third-order valence-electron chi connectivity index (χ3n) is 2.17. The molecule has 0 aliphatic rings. The summed E-state index contributed by atoms with van der Waals surface area (Å²) in [6.07, 6.45) is 1.25. The van der Waals surface area contributed by atoms with Crippen LogP contribution in [0.25, 0.3) is 0 Å². The molecule has 1 aromatic heterocycles. The predicted molar refractivity (Wildman–Crippen MR) is 76.3 cm³/mol. The van der Waals surface area contributed by atoms with Crippen molar-refractivity contribution in [3.8, 4) is 0 Å². The van der Waals surface area contributed by atoms with Crippen LogP contribution in [-0.4, -0.2) is 10.9 Å². The van der Waals surface area contributed by atoms with Crippen molar-refractivity contribution in [3.05, 3.63) is 56.6 Å². The van der Waals surface area contributed by atoms with Crippen molar-refractivity contribution in [2.45, 2.75) is 0 Å². The third-order valence-corrected chi connectivity index (χ3v) is 3.30. The van der Waals surface area contributed by atoms with Crippen LogP contribution < -0.4 is 5.32 Å². The molecule has 1 heterocycles. The van der Waals surface area contributed by atoms with Crippen LogP contribution in [0.2, 0.25) is 5.02 Å². The van der Waals surface area contributed by atoms with Gasteiger partial charge in [-0.2, -0.15) is 4.39 Å². The maximum absolute atomic E-state index is 12.9. The molecule has 2 aromatic rings. The number of carbonyl (C=O) groups excluding carboxylic acids is 1. The molecule has 0 spiro atoms. The Kier molecular flexibility index (Phi) is 4.13. The van der Waals surface area contributed by atoms with E-state index in [1.165, 1.54) is 12.3 Å². The summed E-state index contributed by atoms with van der Waals surface area (Å²) in [5.41, 5.74) is 0.843. The van der Waals surface area contributed by atoms with E-state index in [1.54, 1.807) is 18.2 Å². The highest BCUT2D eigenvalue weighted by Crippen LogP contribution is 2.22. The van der Waals surface area contributed by atoms with E-state index in [-0.39, 0.29) is 5.56 Å². The summed E-state index contributed by atoms with van der Waals surface area (Å²) >= 11 is 7.88. The molecule has 2 rings (SSSR count). The van der Waals surface area contributed by atoms with E-state index in [4.69, 9.17) is 11.6 Å². The van der Waals surface area contributed by atoms with E-state index in [0.29, 0.717) is 10.7 Å². The highest BCUT2D eigenvalue weighted by atomic mass is 127. The molecule has 1 amide bonds. The fraction of sp³-hybridized carbons (Fsp3) is 0. The van der Waals surface area contributed by atoms with Crippen LogP contribution in [0, 0.1) is 9.52 Å². The Bertz CT molecular complexity index is 606. The minimum Gasteiger partial charge on any atom is -0.321 e. The molecular formula is C12H7ClFIN2O. The number of amides is 1. The fourth-order valence-corrected chi connectivity index (χ4v) is 2.34. The zero-order valence-electron chi connectivity index (χ0n) is 8.95. The summed E-state index contributed by atoms with van der Waals surface area (Å²) in [4.78, 5) is 15.3. The van der Waals surface area contributed by atoms with Gasteiger partial charge in [0.25, 0.3) is 5.91 Å². The van der Waals surface area contributed by atoms with E-state index < -0.39 is 11.9 Å². The molecule has 3 nitrogen and oxygen atoms in total. The van der Waals surface area contributed by atoms with Gasteiger partial charge < -0.3 is 5.32 Å². The number of benzene rings is 1. The van der Waals surface area contributed by atoms with Crippen molar-refractivity contribution in [2.24, 2.45) is 0 Å². The minimum atomic E-state index is -0.687. The van der Waals surface area contributed by atoms with Crippen molar-refractivity contribution in [1.82, 2.24) is 4.98 Å². The molecule has 18 heavy (non-hydrogen) atoms. The average Bonchev–Trinajstić information content (AvgIpc) is 2.32. The highest BCUT2D eigenvalue weighted by molar-refractivity contribution is 14.1. The molecule has 0 atom stereocenters. The standard InChI is InChI=1S/C12H7ClFIN2O/c13-8-1-2-10(9(15)6-8)17-12(18)7-3-4-16-11(14)5-7/h1-6H,(H,17,18). The van der Waals surface area contributed by atoms with Crippen LogP contribution in [-0.2, 0) is 0 Å². The molecule has 0 aliphatic carbocycles. The van der Waals surface area contributed by atoms with Crippen LogP contribution in [0.5, 0.6) is 0 Å². The third kappa shape index (κ3) is 3.17. The highest BCUT2D eigenvalue weighted by Gasteiger charge is 2.09.